The molecule has 0 bridgehead atoms. The minimum Gasteiger partial charge on any atom is -0.352 e. The molecule has 0 saturated heterocycles. The smallest absolute Gasteiger partial charge is 0.251 e. The van der Waals surface area contributed by atoms with Gasteiger partial charge in [0.1, 0.15) is 5.82 Å². The highest BCUT2D eigenvalue weighted by Crippen LogP contribution is 2.15. The second-order valence-corrected chi connectivity index (χ2v) is 5.76. The Morgan fingerprint density at radius 2 is 1.91 bits per heavy atom. The summed E-state index contributed by atoms with van der Waals surface area (Å²) < 4.78 is 0.861. The molecule has 120 valence electrons. The van der Waals surface area contributed by atoms with E-state index in [0.29, 0.717) is 24.5 Å². The van der Waals surface area contributed by atoms with Gasteiger partial charge in [-0.3, -0.25) is 14.5 Å². The van der Waals surface area contributed by atoms with Gasteiger partial charge in [0.2, 0.25) is 5.91 Å². The number of nitrogens with one attached hydrogen (secondary N) is 1. The third-order valence-corrected chi connectivity index (χ3v) is 3.74. The summed E-state index contributed by atoms with van der Waals surface area (Å²) in [5, 5.41) is 2.76. The highest BCUT2D eigenvalue weighted by molar-refractivity contribution is 9.10. The zero-order chi connectivity index (χ0) is 16.7. The van der Waals surface area contributed by atoms with Crippen LogP contribution in [0.2, 0.25) is 0 Å². The molecule has 1 aromatic heterocycles. The van der Waals surface area contributed by atoms with Crippen LogP contribution in [0.5, 0.6) is 0 Å². The largest absolute Gasteiger partial charge is 0.352 e. The van der Waals surface area contributed by atoms with Gasteiger partial charge >= 0.3 is 0 Å². The van der Waals surface area contributed by atoms with E-state index in [4.69, 9.17) is 0 Å². The Hall–Kier alpha value is -2.21. The molecule has 23 heavy (non-hydrogen) atoms. The third kappa shape index (κ3) is 4.89. The van der Waals surface area contributed by atoms with Crippen LogP contribution in [0.15, 0.2) is 53.1 Å². The molecule has 0 spiro atoms. The molecule has 2 rings (SSSR count). The molecule has 6 heteroatoms. The molecular weight excluding hydrogens is 358 g/mol. The van der Waals surface area contributed by atoms with Gasteiger partial charge in [-0.15, -0.1) is 0 Å². The van der Waals surface area contributed by atoms with Crippen LogP contribution < -0.4 is 10.2 Å². The van der Waals surface area contributed by atoms with Gasteiger partial charge < -0.3 is 5.32 Å². The number of pyridine rings is 1. The topological polar surface area (TPSA) is 62.3 Å². The molecule has 0 unspecified atom stereocenters. The van der Waals surface area contributed by atoms with E-state index in [1.165, 1.54) is 0 Å². The van der Waals surface area contributed by atoms with Crippen molar-refractivity contribution < 1.29 is 9.59 Å². The van der Waals surface area contributed by atoms with E-state index in [9.17, 15) is 9.59 Å². The van der Waals surface area contributed by atoms with Crippen molar-refractivity contribution in [3.63, 3.8) is 0 Å². The van der Waals surface area contributed by atoms with Crippen molar-refractivity contribution in [3.05, 3.63) is 58.7 Å². The van der Waals surface area contributed by atoms with Crippen molar-refractivity contribution in [1.82, 2.24) is 10.3 Å². The van der Waals surface area contributed by atoms with Gasteiger partial charge in [0.15, 0.2) is 0 Å². The zero-order valence-electron chi connectivity index (χ0n) is 12.8. The predicted molar refractivity (Wildman–Crippen MR) is 93.4 cm³/mol. The number of nitrogens with zero attached hydrogens (tertiary/aromatic N) is 2. The van der Waals surface area contributed by atoms with E-state index < -0.39 is 0 Å². The standard InChI is InChI=1S/C17H18BrN3O2/c1-2-21(15-9-8-14(18)12-20-15)16(22)10-11-19-17(23)13-6-4-3-5-7-13/h3-9,12H,2,10-11H2,1H3,(H,19,23). The quantitative estimate of drug-likeness (QED) is 0.843. The molecule has 0 fully saturated rings. The van der Waals surface area contributed by atoms with E-state index in [-0.39, 0.29) is 18.2 Å². The predicted octanol–water partition coefficient (Wildman–Crippen LogP) is 3.02. The summed E-state index contributed by atoms with van der Waals surface area (Å²) in [6, 6.07) is 12.6. The lowest BCUT2D eigenvalue weighted by atomic mass is 10.2. The first-order valence-electron chi connectivity index (χ1n) is 7.37. The number of hydrogen-bond acceptors (Lipinski definition) is 3. The minimum atomic E-state index is -0.178. The number of rotatable bonds is 6. The lowest BCUT2D eigenvalue weighted by molar-refractivity contribution is -0.118. The molecule has 1 heterocycles. The van der Waals surface area contributed by atoms with Crippen LogP contribution in [0.4, 0.5) is 5.82 Å². The van der Waals surface area contributed by atoms with E-state index in [0.717, 1.165) is 4.47 Å². The number of benzene rings is 1. The van der Waals surface area contributed by atoms with Gasteiger partial charge in [0.25, 0.3) is 5.91 Å². The summed E-state index contributed by atoms with van der Waals surface area (Å²) in [4.78, 5) is 30.1. The highest BCUT2D eigenvalue weighted by atomic mass is 79.9. The normalized spacial score (nSPS) is 10.2. The number of amides is 2. The molecule has 0 saturated carbocycles. The molecule has 0 aliphatic rings. The number of halogens is 1. The van der Waals surface area contributed by atoms with Crippen LogP contribution in [-0.2, 0) is 4.79 Å². The SMILES string of the molecule is CCN(C(=O)CCNC(=O)c1ccccc1)c1ccc(Br)cn1. The summed E-state index contributed by atoms with van der Waals surface area (Å²) >= 11 is 3.32. The average Bonchev–Trinajstić information content (AvgIpc) is 2.58. The van der Waals surface area contributed by atoms with Crippen LogP contribution in [0, 0.1) is 0 Å². The first-order valence-corrected chi connectivity index (χ1v) is 8.16. The van der Waals surface area contributed by atoms with Gasteiger partial charge in [0, 0.05) is 35.7 Å². The number of aromatic nitrogens is 1. The second kappa shape index (κ2) is 8.43. The van der Waals surface area contributed by atoms with Crippen LogP contribution >= 0.6 is 15.9 Å². The van der Waals surface area contributed by atoms with Gasteiger partial charge in [0.05, 0.1) is 0 Å². The fourth-order valence-electron chi connectivity index (χ4n) is 2.10. The monoisotopic (exact) mass is 375 g/mol. The molecule has 0 radical (unpaired) electrons. The van der Waals surface area contributed by atoms with Crippen LogP contribution in [0.25, 0.3) is 0 Å². The van der Waals surface area contributed by atoms with E-state index in [2.05, 4.69) is 26.2 Å². The molecule has 2 amide bonds. The average molecular weight is 376 g/mol. The van der Waals surface area contributed by atoms with Crippen molar-refractivity contribution in [2.75, 3.05) is 18.0 Å². The molecule has 1 N–H and O–H groups in total. The van der Waals surface area contributed by atoms with Gasteiger partial charge in [-0.25, -0.2) is 4.98 Å². The Labute approximate surface area is 143 Å². The summed E-state index contributed by atoms with van der Waals surface area (Å²) in [6.45, 7) is 2.71. The fraction of sp³-hybridized carbons (Fsp3) is 0.235. The molecule has 0 aliphatic heterocycles. The molecule has 2 aromatic rings. The maximum atomic E-state index is 12.3. The van der Waals surface area contributed by atoms with Crippen molar-refractivity contribution in [2.24, 2.45) is 0 Å². The number of carbonyl (C=O) groups excluding carboxylic acids is 2. The minimum absolute atomic E-state index is 0.0734. The Balaban J connectivity index is 1.88. The molecule has 0 aliphatic carbocycles. The lowest BCUT2D eigenvalue weighted by Gasteiger charge is -2.20. The molecule has 5 nitrogen and oxygen atoms in total. The van der Waals surface area contributed by atoms with Crippen LogP contribution in [0.1, 0.15) is 23.7 Å². The summed E-state index contributed by atoms with van der Waals surface area (Å²) in [7, 11) is 0. The van der Waals surface area contributed by atoms with E-state index >= 15 is 0 Å². The van der Waals surface area contributed by atoms with Gasteiger partial charge in [-0.2, -0.15) is 0 Å². The molecular formula is C17H18BrN3O2. The zero-order valence-corrected chi connectivity index (χ0v) is 14.4. The highest BCUT2D eigenvalue weighted by Gasteiger charge is 2.15. The third-order valence-electron chi connectivity index (χ3n) is 3.27. The summed E-state index contributed by atoms with van der Waals surface area (Å²) in [5.74, 6) is 0.356. The summed E-state index contributed by atoms with van der Waals surface area (Å²) in [6.07, 6.45) is 1.88. The Morgan fingerprint density at radius 1 is 1.17 bits per heavy atom. The van der Waals surface area contributed by atoms with E-state index in [1.807, 2.05) is 19.1 Å². The number of anilines is 1. The lowest BCUT2D eigenvalue weighted by Crippen LogP contribution is -2.35. The van der Waals surface area contributed by atoms with Crippen molar-refractivity contribution in [1.29, 1.82) is 0 Å². The van der Waals surface area contributed by atoms with Crippen LogP contribution in [-0.4, -0.2) is 29.9 Å². The molecule has 0 atom stereocenters. The first-order chi connectivity index (χ1) is 11.1. The van der Waals surface area contributed by atoms with Gasteiger partial charge in [-0.05, 0) is 47.1 Å². The van der Waals surface area contributed by atoms with Crippen molar-refractivity contribution in [2.45, 2.75) is 13.3 Å². The van der Waals surface area contributed by atoms with E-state index in [1.54, 1.807) is 41.4 Å². The van der Waals surface area contributed by atoms with Crippen molar-refractivity contribution in [3.8, 4) is 0 Å². The van der Waals surface area contributed by atoms with Crippen LogP contribution in [0.3, 0.4) is 0 Å². The second-order valence-electron chi connectivity index (χ2n) is 4.84. The Bertz CT molecular complexity index is 659. The fourth-order valence-corrected chi connectivity index (χ4v) is 2.34. The van der Waals surface area contributed by atoms with Gasteiger partial charge in [-0.1, -0.05) is 18.2 Å². The number of carbonyl (C=O) groups is 2. The summed E-state index contributed by atoms with van der Waals surface area (Å²) in [5.41, 5.74) is 0.585. The Kier molecular flexibility index (Phi) is 6.29. The maximum Gasteiger partial charge on any atom is 0.251 e. The Morgan fingerprint density at radius 3 is 2.52 bits per heavy atom. The maximum absolute atomic E-state index is 12.3. The number of hydrogen-bond donors (Lipinski definition) is 1. The van der Waals surface area contributed by atoms with Crippen molar-refractivity contribution >= 4 is 33.6 Å². The first kappa shape index (κ1) is 17.1. The molecule has 1 aromatic carbocycles.